The van der Waals surface area contributed by atoms with E-state index in [-0.39, 0.29) is 32.0 Å². The molecule has 5 rings (SSSR count). The predicted molar refractivity (Wildman–Crippen MR) is 188 cm³/mol. The summed E-state index contributed by atoms with van der Waals surface area (Å²) >= 11 is 12.3. The molecule has 0 spiro atoms. The molecule has 0 saturated heterocycles. The largest absolute Gasteiger partial charge is 0.494 e. The Hall–Kier alpha value is -4.83. The zero-order chi connectivity index (χ0) is 33.8. The molecule has 0 radical (unpaired) electrons. The SMILES string of the molecule is [N-]=[N+]=NCc1ccccc1[C@@H]1OC(c2ccc(OCCCO)cc2)=N[C@]1(C/C=C/c1ccccc1)C(=O)NNCc1ccc(Cl)c(Cl)c1. The zero-order valence-electron chi connectivity index (χ0n) is 25.9. The highest BCUT2D eigenvalue weighted by Gasteiger charge is 2.53. The van der Waals surface area contributed by atoms with Gasteiger partial charge in [-0.25, -0.2) is 10.4 Å². The minimum atomic E-state index is -1.48. The van der Waals surface area contributed by atoms with Crippen LogP contribution in [-0.4, -0.2) is 35.7 Å². The minimum Gasteiger partial charge on any atom is -0.494 e. The molecule has 0 aromatic heterocycles. The summed E-state index contributed by atoms with van der Waals surface area (Å²) in [6, 6.07) is 29.6. The maximum absolute atomic E-state index is 14.4. The number of carbonyl (C=O) groups excluding carboxylic acids is 1. The van der Waals surface area contributed by atoms with Crippen molar-refractivity contribution in [2.45, 2.75) is 37.6 Å². The fourth-order valence-electron chi connectivity index (χ4n) is 5.26. The van der Waals surface area contributed by atoms with E-state index < -0.39 is 17.6 Å². The van der Waals surface area contributed by atoms with Gasteiger partial charge in [-0.2, -0.15) is 0 Å². The molecule has 0 fully saturated rings. The van der Waals surface area contributed by atoms with Crippen molar-refractivity contribution in [1.82, 2.24) is 10.9 Å². The van der Waals surface area contributed by atoms with Gasteiger partial charge in [-0.3, -0.25) is 10.2 Å². The molecule has 48 heavy (non-hydrogen) atoms. The summed E-state index contributed by atoms with van der Waals surface area (Å²) in [7, 11) is 0. The quantitative estimate of drug-likeness (QED) is 0.0386. The van der Waals surface area contributed by atoms with Gasteiger partial charge in [0, 0.05) is 36.5 Å². The highest BCUT2D eigenvalue weighted by molar-refractivity contribution is 6.42. The number of nitrogens with zero attached hydrogens (tertiary/aromatic N) is 4. The van der Waals surface area contributed by atoms with Crippen molar-refractivity contribution in [3.8, 4) is 5.75 Å². The van der Waals surface area contributed by atoms with E-state index in [9.17, 15) is 4.79 Å². The van der Waals surface area contributed by atoms with Gasteiger partial charge >= 0.3 is 0 Å². The number of amides is 1. The van der Waals surface area contributed by atoms with E-state index in [1.165, 1.54) is 0 Å². The molecule has 0 aliphatic carbocycles. The number of halogens is 2. The number of hydrogen-bond acceptors (Lipinski definition) is 7. The molecule has 4 aromatic carbocycles. The van der Waals surface area contributed by atoms with E-state index in [1.807, 2.05) is 84.9 Å². The summed E-state index contributed by atoms with van der Waals surface area (Å²) in [5, 5.41) is 13.7. The third-order valence-electron chi connectivity index (χ3n) is 7.69. The average Bonchev–Trinajstić information content (AvgIpc) is 3.50. The topological polar surface area (TPSA) is 141 Å². The second-order valence-electron chi connectivity index (χ2n) is 11.0. The molecule has 246 valence electrons. The van der Waals surface area contributed by atoms with Gasteiger partial charge in [-0.05, 0) is 64.2 Å². The first-order chi connectivity index (χ1) is 23.4. The number of aliphatic imine (C=N–C) groups is 1. The third-order valence-corrected chi connectivity index (χ3v) is 8.43. The Kier molecular flexibility index (Phi) is 12.1. The first kappa shape index (κ1) is 34.5. The molecule has 2 atom stereocenters. The highest BCUT2D eigenvalue weighted by atomic mass is 35.5. The van der Waals surface area contributed by atoms with Crippen molar-refractivity contribution >= 4 is 41.1 Å². The number of hydrogen-bond donors (Lipinski definition) is 3. The van der Waals surface area contributed by atoms with E-state index in [0.29, 0.717) is 45.5 Å². The van der Waals surface area contributed by atoms with Crippen molar-refractivity contribution in [3.63, 3.8) is 0 Å². The zero-order valence-corrected chi connectivity index (χ0v) is 27.4. The third kappa shape index (κ3) is 8.55. The summed E-state index contributed by atoms with van der Waals surface area (Å²) in [5.41, 5.74) is 17.3. The van der Waals surface area contributed by atoms with Gasteiger partial charge in [0.25, 0.3) is 5.91 Å². The van der Waals surface area contributed by atoms with Crippen molar-refractivity contribution in [3.05, 3.63) is 151 Å². The number of azide groups is 1. The summed E-state index contributed by atoms with van der Waals surface area (Å²) in [6.45, 7) is 0.751. The number of benzene rings is 4. The van der Waals surface area contributed by atoms with Crippen LogP contribution >= 0.6 is 23.2 Å². The lowest BCUT2D eigenvalue weighted by atomic mass is 9.82. The van der Waals surface area contributed by atoms with Gasteiger partial charge < -0.3 is 14.6 Å². The Morgan fingerprint density at radius 1 is 1.04 bits per heavy atom. The molecule has 0 saturated carbocycles. The Bertz CT molecular complexity index is 1810. The lowest BCUT2D eigenvalue weighted by Crippen LogP contribution is -2.52. The first-order valence-electron chi connectivity index (χ1n) is 15.3. The van der Waals surface area contributed by atoms with Crippen molar-refractivity contribution in [1.29, 1.82) is 0 Å². The minimum absolute atomic E-state index is 0.0381. The fourth-order valence-corrected chi connectivity index (χ4v) is 5.58. The normalized spacial score (nSPS) is 17.0. The molecule has 12 heteroatoms. The van der Waals surface area contributed by atoms with Crippen molar-refractivity contribution in [2.75, 3.05) is 13.2 Å². The molecule has 1 aliphatic heterocycles. The van der Waals surface area contributed by atoms with E-state index in [2.05, 4.69) is 20.9 Å². The van der Waals surface area contributed by atoms with Gasteiger partial charge in [-0.15, -0.1) is 0 Å². The fraction of sp³-hybridized carbons (Fsp3) is 0.222. The van der Waals surface area contributed by atoms with Crippen molar-refractivity contribution in [2.24, 2.45) is 10.1 Å². The number of rotatable bonds is 15. The lowest BCUT2D eigenvalue weighted by molar-refractivity contribution is -0.129. The van der Waals surface area contributed by atoms with Crippen LogP contribution in [0.1, 0.15) is 46.8 Å². The van der Waals surface area contributed by atoms with Crippen LogP contribution in [0.2, 0.25) is 10.0 Å². The van der Waals surface area contributed by atoms with E-state index in [0.717, 1.165) is 11.1 Å². The second-order valence-corrected chi connectivity index (χ2v) is 11.8. The summed E-state index contributed by atoms with van der Waals surface area (Å²) < 4.78 is 12.3. The lowest BCUT2D eigenvalue weighted by Gasteiger charge is -2.31. The number of aliphatic hydroxyl groups excluding tert-OH is 1. The molecule has 1 aliphatic rings. The Labute approximate surface area is 288 Å². The van der Waals surface area contributed by atoms with E-state index in [1.54, 1.807) is 24.3 Å². The number of ether oxygens (including phenoxy) is 2. The molecular weight excluding hydrogens is 651 g/mol. The monoisotopic (exact) mass is 684 g/mol. The molecule has 0 unspecified atom stereocenters. The number of carbonyl (C=O) groups is 1. The van der Waals surface area contributed by atoms with Crippen LogP contribution in [0.25, 0.3) is 16.5 Å². The second kappa shape index (κ2) is 16.8. The van der Waals surface area contributed by atoms with Crippen LogP contribution < -0.4 is 15.6 Å². The number of hydrazine groups is 1. The predicted octanol–water partition coefficient (Wildman–Crippen LogP) is 7.75. The van der Waals surface area contributed by atoms with Crippen molar-refractivity contribution < 1.29 is 19.4 Å². The molecular formula is C36H34Cl2N6O4. The standard InChI is InChI=1S/C36H34Cl2N6O4/c37-31-18-13-26(22-32(31)38)23-40-43-35(46)36(19-6-10-25-8-2-1-3-9-25)33(30-12-5-4-11-28(30)24-41-44-39)48-34(42-36)27-14-16-29(17-15-27)47-21-7-20-45/h1-6,8-18,22,33,40,45H,7,19-21,23-24H2,(H,43,46)/b10-6+/t33-,36-/m0/s1. The average molecular weight is 686 g/mol. The van der Waals surface area contributed by atoms with E-state index >= 15 is 0 Å². The first-order valence-corrected chi connectivity index (χ1v) is 16.1. The van der Waals surface area contributed by atoms with Gasteiger partial charge in [0.1, 0.15) is 5.75 Å². The highest BCUT2D eigenvalue weighted by Crippen LogP contribution is 2.44. The maximum atomic E-state index is 14.4. The van der Waals surface area contributed by atoms with Crippen LogP contribution in [0.15, 0.2) is 113 Å². The van der Waals surface area contributed by atoms with Gasteiger partial charge in [0.15, 0.2) is 11.6 Å². The summed E-state index contributed by atoms with van der Waals surface area (Å²) in [6.07, 6.45) is 3.65. The van der Waals surface area contributed by atoms with Gasteiger partial charge in [-0.1, -0.05) is 101 Å². The maximum Gasteiger partial charge on any atom is 0.266 e. The van der Waals surface area contributed by atoms with Crippen LogP contribution in [-0.2, 0) is 22.6 Å². The van der Waals surface area contributed by atoms with Gasteiger partial charge in [0.05, 0.1) is 23.2 Å². The molecule has 10 nitrogen and oxygen atoms in total. The van der Waals surface area contributed by atoms with Crippen LogP contribution in [0.4, 0.5) is 0 Å². The van der Waals surface area contributed by atoms with Crippen LogP contribution in [0, 0.1) is 0 Å². The molecule has 1 amide bonds. The molecule has 3 N–H and O–H groups in total. The molecule has 4 aromatic rings. The number of aliphatic hydroxyl groups is 1. The Balaban J connectivity index is 1.53. The molecule has 1 heterocycles. The smallest absolute Gasteiger partial charge is 0.266 e. The van der Waals surface area contributed by atoms with Crippen LogP contribution in [0.5, 0.6) is 5.75 Å². The molecule has 0 bridgehead atoms. The Morgan fingerprint density at radius 2 is 1.81 bits per heavy atom. The summed E-state index contributed by atoms with van der Waals surface area (Å²) in [5.74, 6) is 0.472. The summed E-state index contributed by atoms with van der Waals surface area (Å²) in [4.78, 5) is 22.4. The Morgan fingerprint density at radius 3 is 2.56 bits per heavy atom. The number of nitrogens with one attached hydrogen (secondary N) is 2. The van der Waals surface area contributed by atoms with Crippen LogP contribution in [0.3, 0.4) is 0 Å². The van der Waals surface area contributed by atoms with Gasteiger partial charge in [0.2, 0.25) is 5.90 Å². The van der Waals surface area contributed by atoms with E-state index in [4.69, 9.17) is 48.3 Å².